The first-order valence-electron chi connectivity index (χ1n) is 6.18. The van der Waals surface area contributed by atoms with Crippen LogP contribution in [0.5, 0.6) is 0 Å². The smallest absolute Gasteiger partial charge is 0.358 e. The van der Waals surface area contributed by atoms with Gasteiger partial charge in [-0.15, -0.1) is 5.10 Å². The Labute approximate surface area is 128 Å². The molecule has 0 saturated carbocycles. The number of nitrogens with zero attached hydrogens (tertiary/aromatic N) is 5. The van der Waals surface area contributed by atoms with E-state index in [9.17, 15) is 4.79 Å². The first-order valence-corrected chi connectivity index (χ1v) is 6.97. The number of nitriles is 1. The maximum Gasteiger partial charge on any atom is 0.358 e. The van der Waals surface area contributed by atoms with Crippen LogP contribution in [0, 0.1) is 11.3 Å². The second-order valence-electron chi connectivity index (χ2n) is 4.72. The van der Waals surface area contributed by atoms with E-state index in [0.717, 1.165) is 23.2 Å². The summed E-state index contributed by atoms with van der Waals surface area (Å²) in [6.07, 6.45) is 1.44. The molecule has 106 valence electrons. The Bertz CT molecular complexity index is 745. The van der Waals surface area contributed by atoms with Crippen molar-refractivity contribution in [3.8, 4) is 6.07 Å². The number of anilines is 1. The van der Waals surface area contributed by atoms with Gasteiger partial charge in [0.15, 0.2) is 5.69 Å². The quantitative estimate of drug-likeness (QED) is 0.907. The van der Waals surface area contributed by atoms with E-state index < -0.39 is 5.97 Å². The van der Waals surface area contributed by atoms with Gasteiger partial charge in [0.2, 0.25) is 0 Å². The van der Waals surface area contributed by atoms with Gasteiger partial charge in [0.1, 0.15) is 6.07 Å². The number of aromatic carboxylic acids is 1. The van der Waals surface area contributed by atoms with Crippen LogP contribution < -0.4 is 4.90 Å². The lowest BCUT2D eigenvalue weighted by atomic mass is 10.1. The van der Waals surface area contributed by atoms with Crippen molar-refractivity contribution >= 4 is 27.6 Å². The molecule has 3 rings (SSSR count). The van der Waals surface area contributed by atoms with Crippen LogP contribution in [0.4, 0.5) is 5.69 Å². The molecule has 1 saturated heterocycles. The molecule has 7 nitrogen and oxygen atoms in total. The fraction of sp³-hybridized carbons (Fsp3) is 0.231. The minimum Gasteiger partial charge on any atom is -0.476 e. The molecular formula is C13H10BrN5O2. The standard InChI is InChI=1S/C13H10BrN5O2/c14-11-3-9(2-1-8(11)4-15)18-5-10(6-18)19-7-12(13(20)21)16-17-19/h1-3,7,10H,5-6H2,(H,20,21). The van der Waals surface area contributed by atoms with E-state index in [2.05, 4.69) is 37.2 Å². The van der Waals surface area contributed by atoms with Crippen LogP contribution in [0.1, 0.15) is 22.1 Å². The molecule has 1 N–H and O–H groups in total. The Hall–Kier alpha value is -2.40. The summed E-state index contributed by atoms with van der Waals surface area (Å²) in [6, 6.07) is 7.78. The van der Waals surface area contributed by atoms with E-state index in [-0.39, 0.29) is 11.7 Å². The molecule has 1 aliphatic heterocycles. The Morgan fingerprint density at radius 2 is 2.24 bits per heavy atom. The summed E-state index contributed by atoms with van der Waals surface area (Å²) in [5, 5.41) is 25.2. The lowest BCUT2D eigenvalue weighted by molar-refractivity contribution is 0.0690. The van der Waals surface area contributed by atoms with Gasteiger partial charge in [0.05, 0.1) is 17.8 Å². The molecule has 21 heavy (non-hydrogen) atoms. The third-order valence-electron chi connectivity index (χ3n) is 3.40. The van der Waals surface area contributed by atoms with Crippen LogP contribution in [-0.2, 0) is 0 Å². The molecule has 1 aliphatic rings. The van der Waals surface area contributed by atoms with Crippen LogP contribution >= 0.6 is 15.9 Å². The number of hydrogen-bond donors (Lipinski definition) is 1. The topological polar surface area (TPSA) is 95.0 Å². The summed E-state index contributed by atoms with van der Waals surface area (Å²) in [6.45, 7) is 1.45. The Morgan fingerprint density at radius 1 is 1.48 bits per heavy atom. The number of carboxylic acid groups (broad SMARTS) is 1. The monoisotopic (exact) mass is 347 g/mol. The van der Waals surface area contributed by atoms with Crippen molar-refractivity contribution in [2.75, 3.05) is 18.0 Å². The van der Waals surface area contributed by atoms with E-state index in [1.54, 1.807) is 10.7 Å². The lowest BCUT2D eigenvalue weighted by Crippen LogP contribution is -2.48. The first-order chi connectivity index (χ1) is 10.1. The molecule has 0 radical (unpaired) electrons. The van der Waals surface area contributed by atoms with Crippen LogP contribution in [0.2, 0.25) is 0 Å². The second-order valence-corrected chi connectivity index (χ2v) is 5.58. The molecule has 0 atom stereocenters. The van der Waals surface area contributed by atoms with E-state index in [4.69, 9.17) is 10.4 Å². The van der Waals surface area contributed by atoms with Crippen molar-refractivity contribution in [1.29, 1.82) is 5.26 Å². The van der Waals surface area contributed by atoms with Gasteiger partial charge in [-0.2, -0.15) is 5.26 Å². The van der Waals surface area contributed by atoms with Crippen LogP contribution in [-0.4, -0.2) is 39.2 Å². The first kappa shape index (κ1) is 13.6. The molecule has 2 heterocycles. The number of aromatic nitrogens is 3. The SMILES string of the molecule is N#Cc1ccc(N2CC(n3cc(C(=O)O)nn3)C2)cc1Br. The maximum absolute atomic E-state index is 10.8. The normalized spacial score (nSPS) is 14.6. The largest absolute Gasteiger partial charge is 0.476 e. The van der Waals surface area contributed by atoms with Crippen LogP contribution in [0.25, 0.3) is 0 Å². The van der Waals surface area contributed by atoms with Crippen molar-refractivity contribution < 1.29 is 9.90 Å². The Balaban J connectivity index is 1.69. The van der Waals surface area contributed by atoms with Gasteiger partial charge in [-0.05, 0) is 34.1 Å². The van der Waals surface area contributed by atoms with Gasteiger partial charge in [-0.25, -0.2) is 9.48 Å². The highest BCUT2D eigenvalue weighted by Crippen LogP contribution is 2.30. The number of hydrogen-bond acceptors (Lipinski definition) is 5. The molecule has 0 aliphatic carbocycles. The van der Waals surface area contributed by atoms with Crippen molar-refractivity contribution in [3.63, 3.8) is 0 Å². The van der Waals surface area contributed by atoms with E-state index in [1.807, 2.05) is 12.1 Å². The van der Waals surface area contributed by atoms with Crippen molar-refractivity contribution in [2.45, 2.75) is 6.04 Å². The van der Waals surface area contributed by atoms with Crippen LogP contribution in [0.3, 0.4) is 0 Å². The maximum atomic E-state index is 10.8. The molecule has 0 bridgehead atoms. The minimum atomic E-state index is -1.08. The number of carboxylic acids is 1. The molecular weight excluding hydrogens is 338 g/mol. The van der Waals surface area contributed by atoms with Gasteiger partial charge < -0.3 is 10.0 Å². The lowest BCUT2D eigenvalue weighted by Gasteiger charge is -2.40. The number of carbonyl (C=O) groups is 1. The summed E-state index contributed by atoms with van der Waals surface area (Å²) >= 11 is 3.37. The fourth-order valence-corrected chi connectivity index (χ4v) is 2.63. The van der Waals surface area contributed by atoms with Gasteiger partial charge in [-0.3, -0.25) is 0 Å². The number of benzene rings is 1. The van der Waals surface area contributed by atoms with Crippen molar-refractivity contribution in [3.05, 3.63) is 40.1 Å². The van der Waals surface area contributed by atoms with Crippen LogP contribution in [0.15, 0.2) is 28.9 Å². The minimum absolute atomic E-state index is 0.0467. The number of halogens is 1. The van der Waals surface area contributed by atoms with Gasteiger partial charge in [0, 0.05) is 23.2 Å². The molecule has 8 heteroatoms. The average molecular weight is 348 g/mol. The van der Waals surface area contributed by atoms with Crippen molar-refractivity contribution in [2.24, 2.45) is 0 Å². The van der Waals surface area contributed by atoms with Gasteiger partial charge in [0.25, 0.3) is 0 Å². The third kappa shape index (κ3) is 2.48. The Morgan fingerprint density at radius 3 is 2.81 bits per heavy atom. The summed E-state index contributed by atoms with van der Waals surface area (Å²) in [7, 11) is 0. The molecule has 1 fully saturated rings. The van der Waals surface area contributed by atoms with E-state index in [1.165, 1.54) is 6.20 Å². The molecule has 0 amide bonds. The predicted octanol–water partition coefficient (Wildman–Crippen LogP) is 1.67. The molecule has 1 aromatic carbocycles. The highest BCUT2D eigenvalue weighted by molar-refractivity contribution is 9.10. The molecule has 1 aromatic heterocycles. The highest BCUT2D eigenvalue weighted by atomic mass is 79.9. The zero-order valence-corrected chi connectivity index (χ0v) is 12.4. The summed E-state index contributed by atoms with van der Waals surface area (Å²) < 4.78 is 2.35. The van der Waals surface area contributed by atoms with E-state index >= 15 is 0 Å². The Kier molecular flexibility index (Phi) is 3.35. The summed E-state index contributed by atoms with van der Waals surface area (Å²) in [5.41, 5.74) is 1.56. The fourth-order valence-electron chi connectivity index (χ4n) is 2.18. The summed E-state index contributed by atoms with van der Waals surface area (Å²) in [5.74, 6) is -1.08. The molecule has 0 spiro atoms. The van der Waals surface area contributed by atoms with Crippen molar-refractivity contribution in [1.82, 2.24) is 15.0 Å². The predicted molar refractivity (Wildman–Crippen MR) is 77.1 cm³/mol. The van der Waals surface area contributed by atoms with Gasteiger partial charge >= 0.3 is 5.97 Å². The number of rotatable bonds is 3. The van der Waals surface area contributed by atoms with E-state index in [0.29, 0.717) is 5.56 Å². The zero-order chi connectivity index (χ0) is 15.0. The zero-order valence-electron chi connectivity index (χ0n) is 10.8. The molecule has 0 unspecified atom stereocenters. The molecule has 2 aromatic rings. The summed E-state index contributed by atoms with van der Waals surface area (Å²) in [4.78, 5) is 12.9. The second kappa shape index (κ2) is 5.18. The highest BCUT2D eigenvalue weighted by Gasteiger charge is 2.30. The third-order valence-corrected chi connectivity index (χ3v) is 4.06. The average Bonchev–Trinajstić information content (AvgIpc) is 2.87. The van der Waals surface area contributed by atoms with Gasteiger partial charge in [-0.1, -0.05) is 5.21 Å².